The monoisotopic (exact) mass is 346 g/mol. The van der Waals surface area contributed by atoms with Gasteiger partial charge in [-0.2, -0.15) is 0 Å². The second kappa shape index (κ2) is 6.57. The molecule has 138 valence electrons. The summed E-state index contributed by atoms with van der Waals surface area (Å²) in [5.74, 6) is 1.80. The van der Waals surface area contributed by atoms with Crippen molar-refractivity contribution in [3.05, 3.63) is 30.3 Å². The molecule has 4 heteroatoms. The molecule has 3 aliphatic rings. The van der Waals surface area contributed by atoms with E-state index in [2.05, 4.69) is 20.8 Å². The molecule has 2 aliphatic heterocycles. The molecule has 1 saturated carbocycles. The van der Waals surface area contributed by atoms with Crippen molar-refractivity contribution in [3.63, 3.8) is 0 Å². The molecule has 2 saturated heterocycles. The zero-order chi connectivity index (χ0) is 17.6. The average molecular weight is 346 g/mol. The fourth-order valence-electron chi connectivity index (χ4n) is 5.30. The Kier molecular flexibility index (Phi) is 4.55. The minimum Gasteiger partial charge on any atom is -0.465 e. The van der Waals surface area contributed by atoms with Crippen molar-refractivity contribution in [3.8, 4) is 5.75 Å². The van der Waals surface area contributed by atoms with E-state index in [1.54, 1.807) is 0 Å². The van der Waals surface area contributed by atoms with Gasteiger partial charge >= 0.3 is 0 Å². The van der Waals surface area contributed by atoms with Crippen LogP contribution in [-0.4, -0.2) is 29.4 Å². The van der Waals surface area contributed by atoms with E-state index in [-0.39, 0.29) is 23.9 Å². The lowest BCUT2D eigenvalue weighted by molar-refractivity contribution is -0.369. The summed E-state index contributed by atoms with van der Waals surface area (Å²) in [6.07, 6.45) is 3.24. The highest BCUT2D eigenvalue weighted by Crippen LogP contribution is 2.54. The Labute approximate surface area is 150 Å². The van der Waals surface area contributed by atoms with Crippen molar-refractivity contribution in [2.45, 2.75) is 70.7 Å². The molecular weight excluding hydrogens is 316 g/mol. The zero-order valence-electron chi connectivity index (χ0n) is 15.4. The van der Waals surface area contributed by atoms with E-state index in [0.29, 0.717) is 5.92 Å². The Morgan fingerprint density at radius 2 is 1.68 bits per heavy atom. The molecule has 1 aliphatic carbocycles. The molecule has 1 N–H and O–H groups in total. The lowest BCUT2D eigenvalue weighted by Crippen LogP contribution is -2.67. The Hall–Kier alpha value is -1.10. The Morgan fingerprint density at radius 1 is 0.960 bits per heavy atom. The number of benzene rings is 1. The van der Waals surface area contributed by atoms with E-state index in [1.807, 2.05) is 30.3 Å². The summed E-state index contributed by atoms with van der Waals surface area (Å²) in [4.78, 5) is 0. The fourth-order valence-corrected chi connectivity index (χ4v) is 5.30. The van der Waals surface area contributed by atoms with Crippen LogP contribution >= 0.6 is 0 Å². The molecular formula is C21H30O4. The van der Waals surface area contributed by atoms with Crippen LogP contribution in [0.25, 0.3) is 0 Å². The van der Waals surface area contributed by atoms with Gasteiger partial charge in [0.15, 0.2) is 6.29 Å². The third kappa shape index (κ3) is 2.88. The molecule has 0 radical (unpaired) electrons. The van der Waals surface area contributed by atoms with E-state index in [0.717, 1.165) is 31.4 Å². The summed E-state index contributed by atoms with van der Waals surface area (Å²) in [6, 6.07) is 9.78. The lowest BCUT2D eigenvalue weighted by atomic mass is 9.58. The maximum Gasteiger partial charge on any atom is 0.205 e. The van der Waals surface area contributed by atoms with Gasteiger partial charge in [-0.15, -0.1) is 0 Å². The van der Waals surface area contributed by atoms with Crippen molar-refractivity contribution in [2.75, 3.05) is 0 Å². The molecule has 8 atom stereocenters. The van der Waals surface area contributed by atoms with Crippen LogP contribution in [0.2, 0.25) is 0 Å². The lowest BCUT2D eigenvalue weighted by Gasteiger charge is -2.57. The first kappa shape index (κ1) is 17.3. The molecule has 0 amide bonds. The van der Waals surface area contributed by atoms with E-state index in [9.17, 15) is 5.11 Å². The predicted molar refractivity (Wildman–Crippen MR) is 95.0 cm³/mol. The second-order valence-corrected chi connectivity index (χ2v) is 8.31. The topological polar surface area (TPSA) is 47.9 Å². The number of rotatable bonds is 2. The van der Waals surface area contributed by atoms with Gasteiger partial charge in [-0.1, -0.05) is 32.0 Å². The number of para-hydroxylation sites is 1. The minimum absolute atomic E-state index is 0.0956. The van der Waals surface area contributed by atoms with Gasteiger partial charge in [0.05, 0.1) is 6.10 Å². The van der Waals surface area contributed by atoms with Crippen molar-refractivity contribution in [2.24, 2.45) is 23.7 Å². The van der Waals surface area contributed by atoms with Crippen LogP contribution in [0.5, 0.6) is 5.75 Å². The fraction of sp³-hybridized carbons (Fsp3) is 0.714. The van der Waals surface area contributed by atoms with Crippen molar-refractivity contribution >= 4 is 0 Å². The van der Waals surface area contributed by atoms with Crippen LogP contribution in [0, 0.1) is 23.7 Å². The first-order valence-electron chi connectivity index (χ1n) is 9.75. The largest absolute Gasteiger partial charge is 0.465 e. The normalized spacial score (nSPS) is 46.8. The van der Waals surface area contributed by atoms with Crippen LogP contribution in [-0.2, 0) is 9.47 Å². The van der Waals surface area contributed by atoms with Crippen LogP contribution < -0.4 is 4.74 Å². The highest BCUT2D eigenvalue weighted by Gasteiger charge is 2.62. The molecule has 4 rings (SSSR count). The molecule has 1 aromatic rings. The van der Waals surface area contributed by atoms with Crippen molar-refractivity contribution < 1.29 is 19.3 Å². The van der Waals surface area contributed by atoms with E-state index < -0.39 is 18.2 Å². The summed E-state index contributed by atoms with van der Waals surface area (Å²) < 4.78 is 18.6. The summed E-state index contributed by atoms with van der Waals surface area (Å²) in [6.45, 7) is 6.49. The standard InChI is InChI=1S/C21H30O4/c1-13-9-11-18-15(3)19(24-16-7-5-4-6-8-16)25-20-21(18,22)17(13)12-10-14(2)23-20/h4-8,13-15,17-20,22H,9-12H2,1-3H3/t13-,14+,15-,17?,18?,19?,20+,21-/m1/s1. The minimum atomic E-state index is -0.904. The summed E-state index contributed by atoms with van der Waals surface area (Å²) >= 11 is 0. The smallest absolute Gasteiger partial charge is 0.205 e. The van der Waals surface area contributed by atoms with Gasteiger partial charge in [0.1, 0.15) is 11.4 Å². The molecule has 0 bridgehead atoms. The molecule has 3 unspecified atom stereocenters. The Morgan fingerprint density at radius 3 is 2.44 bits per heavy atom. The van der Waals surface area contributed by atoms with E-state index in [1.165, 1.54) is 0 Å². The first-order chi connectivity index (χ1) is 12.0. The third-order valence-electron chi connectivity index (χ3n) is 6.74. The maximum atomic E-state index is 11.8. The number of hydrogen-bond acceptors (Lipinski definition) is 4. The van der Waals surface area contributed by atoms with Crippen molar-refractivity contribution in [1.29, 1.82) is 0 Å². The molecule has 2 heterocycles. The quantitative estimate of drug-likeness (QED) is 0.880. The highest BCUT2D eigenvalue weighted by atomic mass is 16.8. The molecule has 0 spiro atoms. The summed E-state index contributed by atoms with van der Waals surface area (Å²) in [5.41, 5.74) is -0.904. The third-order valence-corrected chi connectivity index (χ3v) is 6.74. The molecule has 3 fully saturated rings. The van der Waals surface area contributed by atoms with Crippen molar-refractivity contribution in [1.82, 2.24) is 0 Å². The average Bonchev–Trinajstić information content (AvgIpc) is 2.72. The number of aliphatic hydroxyl groups is 1. The van der Waals surface area contributed by atoms with Gasteiger partial charge in [0.2, 0.25) is 6.29 Å². The summed E-state index contributed by atoms with van der Waals surface area (Å²) in [5, 5.41) is 11.8. The van der Waals surface area contributed by atoms with Gasteiger partial charge in [0.25, 0.3) is 0 Å². The van der Waals surface area contributed by atoms with Gasteiger partial charge in [0, 0.05) is 11.8 Å². The second-order valence-electron chi connectivity index (χ2n) is 8.31. The highest BCUT2D eigenvalue weighted by molar-refractivity contribution is 5.21. The zero-order valence-corrected chi connectivity index (χ0v) is 15.4. The van der Waals surface area contributed by atoms with Gasteiger partial charge in [-0.3, -0.25) is 0 Å². The SMILES string of the molecule is C[C@H]1C(Oc2ccccc2)O[C@@H]2O[C@@H](C)CCC3[C@H](C)CCC1[C@]32O. The molecule has 0 aromatic heterocycles. The van der Waals surface area contributed by atoms with Crippen LogP contribution in [0.4, 0.5) is 0 Å². The Balaban J connectivity index is 1.64. The van der Waals surface area contributed by atoms with Gasteiger partial charge in [-0.25, -0.2) is 0 Å². The number of hydrogen-bond donors (Lipinski definition) is 1. The first-order valence-corrected chi connectivity index (χ1v) is 9.75. The predicted octanol–water partition coefficient (Wildman–Crippen LogP) is 3.98. The molecule has 4 nitrogen and oxygen atoms in total. The van der Waals surface area contributed by atoms with E-state index >= 15 is 0 Å². The maximum absolute atomic E-state index is 11.8. The number of ether oxygens (including phenoxy) is 3. The molecule has 25 heavy (non-hydrogen) atoms. The van der Waals surface area contributed by atoms with Crippen LogP contribution in [0.1, 0.15) is 46.5 Å². The molecule has 1 aromatic carbocycles. The van der Waals surface area contributed by atoms with Crippen LogP contribution in [0.15, 0.2) is 30.3 Å². The Bertz CT molecular complexity index is 591. The summed E-state index contributed by atoms with van der Waals surface area (Å²) in [7, 11) is 0. The van der Waals surface area contributed by atoms with Gasteiger partial charge in [-0.05, 0) is 56.6 Å². The van der Waals surface area contributed by atoms with E-state index in [4.69, 9.17) is 14.2 Å². The van der Waals surface area contributed by atoms with Crippen LogP contribution in [0.3, 0.4) is 0 Å². The van der Waals surface area contributed by atoms with Gasteiger partial charge < -0.3 is 19.3 Å².